The Morgan fingerprint density at radius 2 is 2.25 bits per heavy atom. The molecule has 20 heavy (non-hydrogen) atoms. The second-order valence-corrected chi connectivity index (χ2v) is 6.56. The molecule has 4 nitrogen and oxygen atoms in total. The Kier molecular flexibility index (Phi) is 5.68. The van der Waals surface area contributed by atoms with Crippen molar-refractivity contribution < 1.29 is 9.53 Å². The molecule has 0 N–H and O–H groups in total. The van der Waals surface area contributed by atoms with Gasteiger partial charge in [0.05, 0.1) is 18.7 Å². The van der Waals surface area contributed by atoms with Crippen LogP contribution in [0, 0.1) is 0 Å². The first-order chi connectivity index (χ1) is 9.60. The van der Waals surface area contributed by atoms with Crippen molar-refractivity contribution in [1.82, 2.24) is 9.97 Å². The lowest BCUT2D eigenvalue weighted by Gasteiger charge is -2.00. The van der Waals surface area contributed by atoms with Crippen LogP contribution in [-0.4, -0.2) is 22.5 Å². The van der Waals surface area contributed by atoms with E-state index in [1.807, 2.05) is 11.4 Å². The molecule has 2 rings (SSSR count). The van der Waals surface area contributed by atoms with Crippen molar-refractivity contribution in [3.63, 3.8) is 0 Å². The fraction of sp³-hybridized carbons (Fsp3) is 0.308. The third-order valence-corrected chi connectivity index (χ3v) is 4.39. The molecular formula is C13H12Br2N2O2S. The van der Waals surface area contributed by atoms with Gasteiger partial charge in [-0.1, -0.05) is 0 Å². The molecule has 0 saturated carbocycles. The van der Waals surface area contributed by atoms with Gasteiger partial charge in [-0.3, -0.25) is 9.78 Å². The lowest BCUT2D eigenvalue weighted by atomic mass is 10.2. The van der Waals surface area contributed by atoms with E-state index in [-0.39, 0.29) is 5.97 Å². The van der Waals surface area contributed by atoms with E-state index < -0.39 is 0 Å². The van der Waals surface area contributed by atoms with Crippen molar-refractivity contribution >= 4 is 49.2 Å². The Morgan fingerprint density at radius 1 is 1.45 bits per heavy atom. The smallest absolute Gasteiger partial charge is 0.306 e. The van der Waals surface area contributed by atoms with Crippen molar-refractivity contribution in [2.45, 2.75) is 19.8 Å². The van der Waals surface area contributed by atoms with E-state index in [0.29, 0.717) is 19.4 Å². The van der Waals surface area contributed by atoms with E-state index >= 15 is 0 Å². The number of thiazole rings is 1. The molecule has 0 amide bonds. The zero-order valence-corrected chi connectivity index (χ0v) is 14.7. The number of carbonyl (C=O) groups is 1. The Morgan fingerprint density at radius 3 is 2.95 bits per heavy atom. The molecule has 2 heterocycles. The monoisotopic (exact) mass is 418 g/mol. The van der Waals surface area contributed by atoms with E-state index in [2.05, 4.69) is 41.8 Å². The first kappa shape index (κ1) is 15.6. The number of nitrogens with zero attached hydrogens (tertiary/aromatic N) is 2. The molecule has 2 aromatic heterocycles. The van der Waals surface area contributed by atoms with Crippen LogP contribution < -0.4 is 0 Å². The standard InChI is InChI=1S/C13H12Br2N2O2S/c1-2-19-11(18)4-3-9-7-20-13(17-9)12-10(15)5-8(14)6-16-12/h5-7H,2-4H2,1H3. The van der Waals surface area contributed by atoms with Gasteiger partial charge in [0.15, 0.2) is 0 Å². The van der Waals surface area contributed by atoms with Gasteiger partial charge in [0.1, 0.15) is 10.7 Å². The van der Waals surface area contributed by atoms with Crippen molar-refractivity contribution in [1.29, 1.82) is 0 Å². The van der Waals surface area contributed by atoms with Crippen LogP contribution in [0.4, 0.5) is 0 Å². The third-order valence-electron chi connectivity index (χ3n) is 2.45. The zero-order valence-electron chi connectivity index (χ0n) is 10.7. The molecule has 106 valence electrons. The first-order valence-electron chi connectivity index (χ1n) is 6.01. The number of esters is 1. The van der Waals surface area contributed by atoms with Crippen molar-refractivity contribution in [2.75, 3.05) is 6.61 Å². The second-order valence-electron chi connectivity index (χ2n) is 3.93. The third kappa shape index (κ3) is 4.10. The minimum atomic E-state index is -0.190. The van der Waals surface area contributed by atoms with Crippen LogP contribution in [-0.2, 0) is 16.0 Å². The maximum absolute atomic E-state index is 11.3. The Balaban J connectivity index is 2.07. The van der Waals surface area contributed by atoms with E-state index in [1.54, 1.807) is 13.1 Å². The van der Waals surface area contributed by atoms with Gasteiger partial charge >= 0.3 is 5.97 Å². The summed E-state index contributed by atoms with van der Waals surface area (Å²) in [6.45, 7) is 2.21. The van der Waals surface area contributed by atoms with Gasteiger partial charge in [-0.15, -0.1) is 11.3 Å². The lowest BCUT2D eigenvalue weighted by molar-refractivity contribution is -0.143. The van der Waals surface area contributed by atoms with E-state index in [0.717, 1.165) is 25.3 Å². The summed E-state index contributed by atoms with van der Waals surface area (Å²) in [4.78, 5) is 20.2. The normalized spacial score (nSPS) is 10.6. The van der Waals surface area contributed by atoms with Crippen LogP contribution in [0.1, 0.15) is 19.0 Å². The summed E-state index contributed by atoms with van der Waals surface area (Å²) in [6, 6.07) is 1.93. The van der Waals surface area contributed by atoms with Crippen molar-refractivity contribution in [3.8, 4) is 10.7 Å². The summed E-state index contributed by atoms with van der Waals surface area (Å²) in [7, 11) is 0. The Bertz CT molecular complexity index is 616. The molecule has 0 spiro atoms. The van der Waals surface area contributed by atoms with Crippen LogP contribution in [0.5, 0.6) is 0 Å². The maximum Gasteiger partial charge on any atom is 0.306 e. The quantitative estimate of drug-likeness (QED) is 0.680. The largest absolute Gasteiger partial charge is 0.466 e. The van der Waals surface area contributed by atoms with Gasteiger partial charge in [-0.05, 0) is 44.8 Å². The average Bonchev–Trinajstić information content (AvgIpc) is 2.85. The number of halogens is 2. The highest BCUT2D eigenvalue weighted by molar-refractivity contribution is 9.11. The molecule has 0 atom stereocenters. The molecule has 0 radical (unpaired) electrons. The topological polar surface area (TPSA) is 52.1 Å². The predicted molar refractivity (Wildman–Crippen MR) is 85.7 cm³/mol. The molecule has 2 aromatic rings. The number of carbonyl (C=O) groups excluding carboxylic acids is 1. The van der Waals surface area contributed by atoms with E-state index in [9.17, 15) is 4.79 Å². The summed E-state index contributed by atoms with van der Waals surface area (Å²) in [5.74, 6) is -0.190. The molecule has 0 aromatic carbocycles. The highest BCUT2D eigenvalue weighted by Crippen LogP contribution is 2.30. The minimum absolute atomic E-state index is 0.190. The number of rotatable bonds is 5. The number of aryl methyl sites for hydroxylation is 1. The summed E-state index contributed by atoms with van der Waals surface area (Å²) < 4.78 is 6.70. The Labute approximate surface area is 137 Å². The number of hydrogen-bond acceptors (Lipinski definition) is 5. The SMILES string of the molecule is CCOC(=O)CCc1csc(-c2ncc(Br)cc2Br)n1. The average molecular weight is 420 g/mol. The number of hydrogen-bond donors (Lipinski definition) is 0. The minimum Gasteiger partial charge on any atom is -0.466 e. The molecule has 0 bridgehead atoms. The Hall–Kier alpha value is -0.790. The number of ether oxygens (including phenoxy) is 1. The van der Waals surface area contributed by atoms with E-state index in [1.165, 1.54) is 11.3 Å². The van der Waals surface area contributed by atoms with Crippen LogP contribution >= 0.6 is 43.2 Å². The zero-order chi connectivity index (χ0) is 14.5. The van der Waals surface area contributed by atoms with Crippen LogP contribution in [0.2, 0.25) is 0 Å². The highest BCUT2D eigenvalue weighted by Gasteiger charge is 2.11. The van der Waals surface area contributed by atoms with Crippen molar-refractivity contribution in [3.05, 3.63) is 32.3 Å². The molecule has 0 aliphatic rings. The molecule has 0 saturated heterocycles. The second kappa shape index (κ2) is 7.28. The summed E-state index contributed by atoms with van der Waals surface area (Å²) in [6.07, 6.45) is 2.68. The van der Waals surface area contributed by atoms with Gasteiger partial charge in [0, 0.05) is 26.9 Å². The van der Waals surface area contributed by atoms with Gasteiger partial charge in [-0.25, -0.2) is 4.98 Å². The van der Waals surface area contributed by atoms with Gasteiger partial charge in [0.25, 0.3) is 0 Å². The van der Waals surface area contributed by atoms with Crippen LogP contribution in [0.3, 0.4) is 0 Å². The summed E-state index contributed by atoms with van der Waals surface area (Å²) in [5.41, 5.74) is 1.69. The molecule has 0 unspecified atom stereocenters. The maximum atomic E-state index is 11.3. The summed E-state index contributed by atoms with van der Waals surface area (Å²) >= 11 is 8.36. The van der Waals surface area contributed by atoms with Gasteiger partial charge in [-0.2, -0.15) is 0 Å². The molecular weight excluding hydrogens is 408 g/mol. The predicted octanol–water partition coefficient (Wildman–Crippen LogP) is 4.23. The number of aromatic nitrogens is 2. The highest BCUT2D eigenvalue weighted by atomic mass is 79.9. The molecule has 0 aliphatic heterocycles. The van der Waals surface area contributed by atoms with Gasteiger partial charge < -0.3 is 4.74 Å². The van der Waals surface area contributed by atoms with Crippen molar-refractivity contribution in [2.24, 2.45) is 0 Å². The molecule has 0 fully saturated rings. The summed E-state index contributed by atoms with van der Waals surface area (Å²) in [5, 5.41) is 2.79. The van der Waals surface area contributed by atoms with E-state index in [4.69, 9.17) is 4.74 Å². The van der Waals surface area contributed by atoms with Gasteiger partial charge in [0.2, 0.25) is 0 Å². The first-order valence-corrected chi connectivity index (χ1v) is 8.48. The lowest BCUT2D eigenvalue weighted by Crippen LogP contribution is -2.05. The van der Waals surface area contributed by atoms with Crippen LogP contribution in [0.15, 0.2) is 26.6 Å². The number of pyridine rings is 1. The molecule has 7 heteroatoms. The molecule has 0 aliphatic carbocycles. The fourth-order valence-electron chi connectivity index (χ4n) is 1.57. The van der Waals surface area contributed by atoms with Crippen LogP contribution in [0.25, 0.3) is 10.7 Å². The fourth-order valence-corrected chi connectivity index (χ4v) is 3.73.